The number of rotatable bonds is 3. The van der Waals surface area contributed by atoms with Gasteiger partial charge in [0, 0.05) is 18.5 Å². The van der Waals surface area contributed by atoms with Crippen molar-refractivity contribution in [2.75, 3.05) is 19.6 Å². The SMILES string of the molecule is CNNc1cccc2ccc(OC)nc12. The van der Waals surface area contributed by atoms with Gasteiger partial charge in [0.15, 0.2) is 0 Å². The third-order valence-electron chi connectivity index (χ3n) is 2.16. The minimum Gasteiger partial charge on any atom is -0.481 e. The molecule has 0 aliphatic carbocycles. The first kappa shape index (κ1) is 9.73. The van der Waals surface area contributed by atoms with E-state index in [0.29, 0.717) is 5.88 Å². The van der Waals surface area contributed by atoms with Crippen LogP contribution in [0.1, 0.15) is 0 Å². The molecule has 0 fully saturated rings. The maximum atomic E-state index is 5.10. The predicted molar refractivity (Wildman–Crippen MR) is 61.0 cm³/mol. The Bertz CT molecular complexity index is 470. The summed E-state index contributed by atoms with van der Waals surface area (Å²) in [7, 11) is 3.43. The van der Waals surface area contributed by atoms with Gasteiger partial charge in [0.1, 0.15) is 0 Å². The minimum atomic E-state index is 0.618. The molecule has 0 spiro atoms. The number of fused-ring (bicyclic) bond motifs is 1. The predicted octanol–water partition coefficient (Wildman–Crippen LogP) is 1.79. The third-order valence-corrected chi connectivity index (χ3v) is 2.16. The lowest BCUT2D eigenvalue weighted by molar-refractivity contribution is 0.399. The molecule has 0 amide bonds. The lowest BCUT2D eigenvalue weighted by Crippen LogP contribution is -2.15. The smallest absolute Gasteiger partial charge is 0.213 e. The van der Waals surface area contributed by atoms with Crippen LogP contribution in [0, 0.1) is 0 Å². The first-order valence-corrected chi connectivity index (χ1v) is 4.71. The molecule has 0 saturated carbocycles. The molecule has 1 heterocycles. The van der Waals surface area contributed by atoms with Crippen molar-refractivity contribution in [2.24, 2.45) is 0 Å². The van der Waals surface area contributed by atoms with Crippen molar-refractivity contribution < 1.29 is 4.74 Å². The number of aromatic nitrogens is 1. The summed E-state index contributed by atoms with van der Waals surface area (Å²) in [6.45, 7) is 0. The first-order chi connectivity index (χ1) is 7.35. The number of ether oxygens (including phenoxy) is 1. The Balaban J connectivity index is 2.59. The van der Waals surface area contributed by atoms with Crippen LogP contribution < -0.4 is 15.6 Å². The van der Waals surface area contributed by atoms with Crippen molar-refractivity contribution in [2.45, 2.75) is 0 Å². The maximum absolute atomic E-state index is 5.10. The van der Waals surface area contributed by atoms with E-state index in [1.54, 1.807) is 7.11 Å². The van der Waals surface area contributed by atoms with Crippen molar-refractivity contribution in [1.82, 2.24) is 10.4 Å². The van der Waals surface area contributed by atoms with Gasteiger partial charge in [-0.05, 0) is 12.1 Å². The summed E-state index contributed by atoms with van der Waals surface area (Å²) in [4.78, 5) is 4.39. The molecule has 1 aromatic heterocycles. The number of nitrogens with one attached hydrogen (secondary N) is 2. The molecule has 0 aliphatic heterocycles. The number of hydrazine groups is 1. The molecular weight excluding hydrogens is 190 g/mol. The molecule has 1 aromatic carbocycles. The quantitative estimate of drug-likeness (QED) is 0.746. The molecular formula is C11H13N3O. The van der Waals surface area contributed by atoms with Crippen LogP contribution in [0.2, 0.25) is 0 Å². The molecule has 0 aliphatic rings. The summed E-state index contributed by atoms with van der Waals surface area (Å²) in [6.07, 6.45) is 0. The normalized spacial score (nSPS) is 10.3. The Morgan fingerprint density at radius 3 is 2.80 bits per heavy atom. The van der Waals surface area contributed by atoms with Crippen molar-refractivity contribution in [3.8, 4) is 5.88 Å². The van der Waals surface area contributed by atoms with Crippen LogP contribution in [0.4, 0.5) is 5.69 Å². The van der Waals surface area contributed by atoms with E-state index < -0.39 is 0 Å². The average Bonchev–Trinajstić information content (AvgIpc) is 2.29. The molecule has 0 bridgehead atoms. The van der Waals surface area contributed by atoms with Gasteiger partial charge in [-0.15, -0.1) is 0 Å². The van der Waals surface area contributed by atoms with E-state index in [9.17, 15) is 0 Å². The molecule has 0 radical (unpaired) electrons. The number of methoxy groups -OCH3 is 1. The van der Waals surface area contributed by atoms with Crippen molar-refractivity contribution >= 4 is 16.6 Å². The second-order valence-corrected chi connectivity index (χ2v) is 3.11. The van der Waals surface area contributed by atoms with Crippen LogP contribution in [-0.2, 0) is 0 Å². The Kier molecular flexibility index (Phi) is 2.69. The van der Waals surface area contributed by atoms with Gasteiger partial charge in [0.25, 0.3) is 0 Å². The molecule has 0 saturated heterocycles. The number of hydrogen-bond acceptors (Lipinski definition) is 4. The lowest BCUT2D eigenvalue weighted by Gasteiger charge is -2.08. The molecule has 0 unspecified atom stereocenters. The Morgan fingerprint density at radius 2 is 2.07 bits per heavy atom. The Morgan fingerprint density at radius 1 is 1.20 bits per heavy atom. The number of pyridine rings is 1. The number of benzene rings is 1. The lowest BCUT2D eigenvalue weighted by atomic mass is 10.2. The zero-order valence-corrected chi connectivity index (χ0v) is 8.74. The molecule has 78 valence electrons. The van der Waals surface area contributed by atoms with Gasteiger partial charge in [0.05, 0.1) is 18.3 Å². The summed E-state index contributed by atoms with van der Waals surface area (Å²) in [5, 5.41) is 1.08. The largest absolute Gasteiger partial charge is 0.481 e. The fourth-order valence-corrected chi connectivity index (χ4v) is 1.48. The van der Waals surface area contributed by atoms with Crippen LogP contribution in [0.5, 0.6) is 5.88 Å². The van der Waals surface area contributed by atoms with E-state index in [0.717, 1.165) is 16.6 Å². The van der Waals surface area contributed by atoms with Crippen LogP contribution >= 0.6 is 0 Å². The van der Waals surface area contributed by atoms with Gasteiger partial charge >= 0.3 is 0 Å². The van der Waals surface area contributed by atoms with E-state index in [1.807, 2.05) is 37.4 Å². The second kappa shape index (κ2) is 4.14. The standard InChI is InChI=1S/C11H13N3O/c1-12-14-9-5-3-4-8-6-7-10(15-2)13-11(8)9/h3-7,12,14H,1-2H3. The molecule has 4 heteroatoms. The minimum absolute atomic E-state index is 0.618. The molecule has 15 heavy (non-hydrogen) atoms. The summed E-state index contributed by atoms with van der Waals surface area (Å²) in [5.41, 5.74) is 7.75. The molecule has 2 N–H and O–H groups in total. The fraction of sp³-hybridized carbons (Fsp3) is 0.182. The van der Waals surface area contributed by atoms with E-state index in [2.05, 4.69) is 15.8 Å². The number of hydrogen-bond donors (Lipinski definition) is 2. The van der Waals surface area contributed by atoms with Crippen LogP contribution in [0.25, 0.3) is 10.9 Å². The fourth-order valence-electron chi connectivity index (χ4n) is 1.48. The zero-order chi connectivity index (χ0) is 10.7. The Labute approximate surface area is 88.2 Å². The highest BCUT2D eigenvalue weighted by Gasteiger charge is 2.02. The molecule has 2 aromatic rings. The van der Waals surface area contributed by atoms with E-state index in [4.69, 9.17) is 4.74 Å². The van der Waals surface area contributed by atoms with Crippen molar-refractivity contribution in [3.63, 3.8) is 0 Å². The number of anilines is 1. The molecule has 2 rings (SSSR count). The summed E-state index contributed by atoms with van der Waals surface area (Å²) < 4.78 is 5.10. The summed E-state index contributed by atoms with van der Waals surface area (Å²) >= 11 is 0. The average molecular weight is 203 g/mol. The van der Waals surface area contributed by atoms with Gasteiger partial charge in [-0.2, -0.15) is 0 Å². The Hall–Kier alpha value is -1.81. The van der Waals surface area contributed by atoms with E-state index in [-0.39, 0.29) is 0 Å². The summed E-state index contributed by atoms with van der Waals surface area (Å²) in [6, 6.07) is 9.80. The zero-order valence-electron chi connectivity index (χ0n) is 8.74. The third kappa shape index (κ3) is 1.85. The number of nitrogens with zero attached hydrogens (tertiary/aromatic N) is 1. The van der Waals surface area contributed by atoms with Gasteiger partial charge in [-0.3, -0.25) is 0 Å². The van der Waals surface area contributed by atoms with Gasteiger partial charge < -0.3 is 10.2 Å². The highest BCUT2D eigenvalue weighted by atomic mass is 16.5. The van der Waals surface area contributed by atoms with Gasteiger partial charge in [-0.1, -0.05) is 12.1 Å². The highest BCUT2D eigenvalue weighted by molar-refractivity contribution is 5.90. The number of para-hydroxylation sites is 1. The van der Waals surface area contributed by atoms with Crippen LogP contribution in [0.3, 0.4) is 0 Å². The van der Waals surface area contributed by atoms with Crippen LogP contribution in [0.15, 0.2) is 30.3 Å². The van der Waals surface area contributed by atoms with E-state index >= 15 is 0 Å². The van der Waals surface area contributed by atoms with Gasteiger partial charge in [-0.25, -0.2) is 10.4 Å². The van der Waals surface area contributed by atoms with Gasteiger partial charge in [0.2, 0.25) is 5.88 Å². The molecule has 4 nitrogen and oxygen atoms in total. The maximum Gasteiger partial charge on any atom is 0.213 e. The summed E-state index contributed by atoms with van der Waals surface area (Å²) in [5.74, 6) is 0.618. The van der Waals surface area contributed by atoms with Crippen molar-refractivity contribution in [3.05, 3.63) is 30.3 Å². The monoisotopic (exact) mass is 203 g/mol. The topological polar surface area (TPSA) is 46.2 Å². The molecule has 0 atom stereocenters. The first-order valence-electron chi connectivity index (χ1n) is 4.71. The highest BCUT2D eigenvalue weighted by Crippen LogP contribution is 2.23. The van der Waals surface area contributed by atoms with Crippen LogP contribution in [-0.4, -0.2) is 19.1 Å². The second-order valence-electron chi connectivity index (χ2n) is 3.11. The van der Waals surface area contributed by atoms with Crippen molar-refractivity contribution in [1.29, 1.82) is 0 Å². The van der Waals surface area contributed by atoms with E-state index in [1.165, 1.54) is 0 Å².